The molecule has 0 aliphatic heterocycles. The zero-order valence-electron chi connectivity index (χ0n) is 9.63. The number of halogens is 1. The second kappa shape index (κ2) is 4.75. The van der Waals surface area contributed by atoms with Crippen LogP contribution in [0, 0.1) is 17.2 Å². The average molecular weight is 210 g/mol. The molecule has 0 bridgehead atoms. The summed E-state index contributed by atoms with van der Waals surface area (Å²) in [6.07, 6.45) is 0.577. The predicted octanol–water partition coefficient (Wildman–Crippen LogP) is 3.02. The number of aliphatic hydroxyl groups is 1. The molecule has 0 aliphatic carbocycles. The highest BCUT2D eigenvalue weighted by molar-refractivity contribution is 5.19. The van der Waals surface area contributed by atoms with Gasteiger partial charge in [-0.1, -0.05) is 39.0 Å². The minimum absolute atomic E-state index is 0.0823. The molecule has 2 heteroatoms. The smallest absolute Gasteiger partial charge is 0.126 e. The van der Waals surface area contributed by atoms with E-state index in [0.29, 0.717) is 17.9 Å². The molecule has 1 atom stereocenters. The summed E-state index contributed by atoms with van der Waals surface area (Å²) in [4.78, 5) is 0. The lowest BCUT2D eigenvalue weighted by Gasteiger charge is -2.31. The Labute approximate surface area is 90.9 Å². The van der Waals surface area contributed by atoms with E-state index in [1.54, 1.807) is 12.1 Å². The van der Waals surface area contributed by atoms with E-state index in [2.05, 4.69) is 13.8 Å². The summed E-state index contributed by atoms with van der Waals surface area (Å²) in [6.45, 7) is 6.18. The van der Waals surface area contributed by atoms with Gasteiger partial charge >= 0.3 is 0 Å². The van der Waals surface area contributed by atoms with Gasteiger partial charge in [-0.2, -0.15) is 0 Å². The van der Waals surface area contributed by atoms with Crippen LogP contribution in [0.15, 0.2) is 24.3 Å². The van der Waals surface area contributed by atoms with Crippen LogP contribution in [0.4, 0.5) is 4.39 Å². The fourth-order valence-corrected chi connectivity index (χ4v) is 1.52. The van der Waals surface area contributed by atoms with E-state index in [4.69, 9.17) is 0 Å². The van der Waals surface area contributed by atoms with Gasteiger partial charge in [-0.25, -0.2) is 4.39 Å². The molecule has 0 aromatic heterocycles. The minimum atomic E-state index is -0.248. The Hall–Kier alpha value is -0.890. The summed E-state index contributed by atoms with van der Waals surface area (Å²) < 4.78 is 13.4. The van der Waals surface area contributed by atoms with Crippen molar-refractivity contribution < 1.29 is 9.50 Å². The molecular formula is C13H19FO. The standard InChI is InChI=1S/C13H19FO/c1-10(2)13(3,9-15)8-11-6-4-5-7-12(11)14/h4-7,10,15H,8-9H2,1-3H3. The van der Waals surface area contributed by atoms with Crippen LogP contribution >= 0.6 is 0 Å². The highest BCUT2D eigenvalue weighted by Crippen LogP contribution is 2.31. The number of aliphatic hydroxyl groups excluding tert-OH is 1. The van der Waals surface area contributed by atoms with E-state index in [1.165, 1.54) is 6.07 Å². The number of rotatable bonds is 4. The molecule has 0 amide bonds. The van der Waals surface area contributed by atoms with Crippen LogP contribution in [0.25, 0.3) is 0 Å². The maximum absolute atomic E-state index is 13.4. The van der Waals surface area contributed by atoms with Gasteiger partial charge in [0.25, 0.3) is 0 Å². The van der Waals surface area contributed by atoms with E-state index in [-0.39, 0.29) is 17.8 Å². The van der Waals surface area contributed by atoms with Crippen molar-refractivity contribution in [1.29, 1.82) is 0 Å². The van der Waals surface area contributed by atoms with Crippen LogP contribution in [0.5, 0.6) is 0 Å². The summed E-state index contributed by atoms with van der Waals surface area (Å²) in [5.74, 6) is 0.139. The lowest BCUT2D eigenvalue weighted by atomic mass is 9.75. The molecule has 0 aliphatic rings. The van der Waals surface area contributed by atoms with Gasteiger partial charge in [0.2, 0.25) is 0 Å². The van der Waals surface area contributed by atoms with Crippen molar-refractivity contribution in [2.24, 2.45) is 11.3 Å². The van der Waals surface area contributed by atoms with E-state index >= 15 is 0 Å². The number of benzene rings is 1. The third-order valence-corrected chi connectivity index (χ3v) is 3.31. The molecule has 1 rings (SSSR count). The van der Waals surface area contributed by atoms with Crippen LogP contribution in [0.2, 0.25) is 0 Å². The van der Waals surface area contributed by atoms with Crippen LogP contribution in [0.1, 0.15) is 26.3 Å². The molecule has 1 nitrogen and oxygen atoms in total. The molecule has 1 aromatic rings. The monoisotopic (exact) mass is 210 g/mol. The van der Waals surface area contributed by atoms with Crippen LogP contribution < -0.4 is 0 Å². The lowest BCUT2D eigenvalue weighted by Crippen LogP contribution is -2.30. The molecule has 1 unspecified atom stereocenters. The summed E-state index contributed by atoms with van der Waals surface area (Å²) in [7, 11) is 0. The Kier molecular flexibility index (Phi) is 3.86. The SMILES string of the molecule is CC(C)C(C)(CO)Cc1ccccc1F. The van der Waals surface area contributed by atoms with E-state index in [1.807, 2.05) is 13.0 Å². The fourth-order valence-electron chi connectivity index (χ4n) is 1.52. The van der Waals surface area contributed by atoms with E-state index < -0.39 is 0 Å². The first kappa shape index (κ1) is 12.2. The summed E-state index contributed by atoms with van der Waals surface area (Å²) in [5.41, 5.74) is 0.435. The second-order valence-corrected chi connectivity index (χ2v) is 4.74. The number of hydrogen-bond acceptors (Lipinski definition) is 1. The zero-order chi connectivity index (χ0) is 11.5. The Balaban J connectivity index is 2.89. The van der Waals surface area contributed by atoms with Gasteiger partial charge in [-0.15, -0.1) is 0 Å². The van der Waals surface area contributed by atoms with Crippen molar-refractivity contribution >= 4 is 0 Å². The van der Waals surface area contributed by atoms with Gasteiger partial charge in [-0.3, -0.25) is 0 Å². The average Bonchev–Trinajstić information content (AvgIpc) is 2.21. The van der Waals surface area contributed by atoms with Gasteiger partial charge in [0.15, 0.2) is 0 Å². The highest BCUT2D eigenvalue weighted by Gasteiger charge is 2.28. The summed E-state index contributed by atoms with van der Waals surface area (Å²) in [6, 6.07) is 6.76. The third-order valence-electron chi connectivity index (χ3n) is 3.31. The van der Waals surface area contributed by atoms with Gasteiger partial charge < -0.3 is 5.11 Å². The molecule has 15 heavy (non-hydrogen) atoms. The van der Waals surface area contributed by atoms with Crippen molar-refractivity contribution in [2.45, 2.75) is 27.2 Å². The quantitative estimate of drug-likeness (QED) is 0.810. The predicted molar refractivity (Wildman–Crippen MR) is 60.1 cm³/mol. The molecule has 0 fully saturated rings. The van der Waals surface area contributed by atoms with Gasteiger partial charge in [-0.05, 0) is 29.4 Å². The first-order valence-electron chi connectivity index (χ1n) is 5.34. The molecular weight excluding hydrogens is 191 g/mol. The summed E-state index contributed by atoms with van der Waals surface area (Å²) >= 11 is 0. The normalized spacial score (nSPS) is 15.3. The Morgan fingerprint density at radius 1 is 1.33 bits per heavy atom. The van der Waals surface area contributed by atoms with Gasteiger partial charge in [0.1, 0.15) is 5.82 Å². The highest BCUT2D eigenvalue weighted by atomic mass is 19.1. The third kappa shape index (κ3) is 2.78. The largest absolute Gasteiger partial charge is 0.396 e. The molecule has 84 valence electrons. The topological polar surface area (TPSA) is 20.2 Å². The molecule has 0 radical (unpaired) electrons. The van der Waals surface area contributed by atoms with Crippen LogP contribution in [-0.2, 0) is 6.42 Å². The molecule has 0 spiro atoms. The van der Waals surface area contributed by atoms with Crippen molar-refractivity contribution in [3.63, 3.8) is 0 Å². The first-order valence-corrected chi connectivity index (χ1v) is 5.34. The zero-order valence-corrected chi connectivity index (χ0v) is 9.63. The Morgan fingerprint density at radius 3 is 2.40 bits per heavy atom. The summed E-state index contributed by atoms with van der Waals surface area (Å²) in [5, 5.41) is 9.39. The number of hydrogen-bond donors (Lipinski definition) is 1. The van der Waals surface area contributed by atoms with Crippen molar-refractivity contribution in [3.05, 3.63) is 35.6 Å². The van der Waals surface area contributed by atoms with E-state index in [9.17, 15) is 9.50 Å². The molecule has 0 saturated carbocycles. The molecule has 0 heterocycles. The van der Waals surface area contributed by atoms with Gasteiger partial charge in [0.05, 0.1) is 0 Å². The van der Waals surface area contributed by atoms with Crippen molar-refractivity contribution in [3.8, 4) is 0 Å². The van der Waals surface area contributed by atoms with Crippen molar-refractivity contribution in [2.75, 3.05) is 6.61 Å². The van der Waals surface area contributed by atoms with E-state index in [0.717, 1.165) is 0 Å². The van der Waals surface area contributed by atoms with Crippen molar-refractivity contribution in [1.82, 2.24) is 0 Å². The van der Waals surface area contributed by atoms with Crippen LogP contribution in [-0.4, -0.2) is 11.7 Å². The molecule has 0 saturated heterocycles. The Bertz CT molecular complexity index is 322. The minimum Gasteiger partial charge on any atom is -0.396 e. The van der Waals surface area contributed by atoms with Gasteiger partial charge in [0, 0.05) is 6.61 Å². The van der Waals surface area contributed by atoms with Crippen LogP contribution in [0.3, 0.4) is 0 Å². The maximum Gasteiger partial charge on any atom is 0.126 e. The lowest BCUT2D eigenvalue weighted by molar-refractivity contribution is 0.0939. The Morgan fingerprint density at radius 2 is 1.93 bits per heavy atom. The molecule has 1 N–H and O–H groups in total. The second-order valence-electron chi connectivity index (χ2n) is 4.74. The maximum atomic E-state index is 13.4. The fraction of sp³-hybridized carbons (Fsp3) is 0.538. The molecule has 1 aromatic carbocycles. The first-order chi connectivity index (χ1) is 6.99.